The van der Waals surface area contributed by atoms with Gasteiger partial charge in [0.05, 0.1) is 6.07 Å². The lowest BCUT2D eigenvalue weighted by Crippen LogP contribution is -2.40. The summed E-state index contributed by atoms with van der Waals surface area (Å²) >= 11 is 5.88. The van der Waals surface area contributed by atoms with E-state index in [0.717, 1.165) is 5.56 Å². The van der Waals surface area contributed by atoms with Crippen molar-refractivity contribution >= 4 is 23.2 Å². The molecule has 1 aliphatic heterocycles. The van der Waals surface area contributed by atoms with Crippen molar-refractivity contribution in [3.05, 3.63) is 28.8 Å². The summed E-state index contributed by atoms with van der Waals surface area (Å²) in [5.41, 5.74) is 0.584. The third-order valence-corrected chi connectivity index (χ3v) is 3.67. The number of carbonyl (C=O) groups excluding carboxylic acids is 1. The number of hydrogen-bond acceptors (Lipinski definition) is 3. The van der Waals surface area contributed by atoms with E-state index in [9.17, 15) is 10.1 Å². The van der Waals surface area contributed by atoms with Crippen LogP contribution in [0.15, 0.2) is 18.2 Å². The Kier molecular flexibility index (Phi) is 4.08. The SMILES string of the molecule is Cc1cc(Cl)ccc1NC(=O)C1(C#N)CCOCC1. The maximum absolute atomic E-state index is 12.3. The zero-order valence-corrected chi connectivity index (χ0v) is 11.5. The van der Waals surface area contributed by atoms with E-state index >= 15 is 0 Å². The molecule has 0 saturated carbocycles. The van der Waals surface area contributed by atoms with Gasteiger partial charge in [-0.3, -0.25) is 4.79 Å². The van der Waals surface area contributed by atoms with Gasteiger partial charge in [0.2, 0.25) is 5.91 Å². The zero-order valence-electron chi connectivity index (χ0n) is 10.7. The molecule has 0 spiro atoms. The maximum atomic E-state index is 12.3. The quantitative estimate of drug-likeness (QED) is 0.905. The van der Waals surface area contributed by atoms with E-state index in [1.54, 1.807) is 18.2 Å². The monoisotopic (exact) mass is 278 g/mol. The van der Waals surface area contributed by atoms with Crippen LogP contribution in [0.5, 0.6) is 0 Å². The van der Waals surface area contributed by atoms with Gasteiger partial charge < -0.3 is 10.1 Å². The van der Waals surface area contributed by atoms with Crippen molar-refractivity contribution in [2.75, 3.05) is 18.5 Å². The number of nitriles is 1. The highest BCUT2D eigenvalue weighted by Crippen LogP contribution is 2.32. The molecule has 19 heavy (non-hydrogen) atoms. The van der Waals surface area contributed by atoms with Crippen LogP contribution >= 0.6 is 11.6 Å². The maximum Gasteiger partial charge on any atom is 0.245 e. The molecule has 100 valence electrons. The van der Waals surface area contributed by atoms with Crippen LogP contribution in [0.4, 0.5) is 5.69 Å². The van der Waals surface area contributed by atoms with Gasteiger partial charge in [0, 0.05) is 23.9 Å². The van der Waals surface area contributed by atoms with Gasteiger partial charge in [-0.15, -0.1) is 0 Å². The molecule has 2 rings (SSSR count). The van der Waals surface area contributed by atoms with Gasteiger partial charge >= 0.3 is 0 Å². The van der Waals surface area contributed by atoms with Crippen LogP contribution in [-0.4, -0.2) is 19.1 Å². The molecule has 0 atom stereocenters. The lowest BCUT2D eigenvalue weighted by Gasteiger charge is -2.29. The lowest BCUT2D eigenvalue weighted by atomic mass is 9.81. The number of nitrogens with zero attached hydrogens (tertiary/aromatic N) is 1. The largest absolute Gasteiger partial charge is 0.381 e. The number of halogens is 1. The molecule has 1 heterocycles. The van der Waals surface area contributed by atoms with Crippen LogP contribution in [0.1, 0.15) is 18.4 Å². The third kappa shape index (κ3) is 2.89. The number of hydrogen-bond donors (Lipinski definition) is 1. The standard InChI is InChI=1S/C14H15ClN2O2/c1-10-8-11(15)2-3-12(10)17-13(18)14(9-16)4-6-19-7-5-14/h2-3,8H,4-7H2,1H3,(H,17,18). The normalized spacial score (nSPS) is 17.5. The first-order chi connectivity index (χ1) is 9.07. The van der Waals surface area contributed by atoms with Crippen LogP contribution in [0, 0.1) is 23.7 Å². The molecular weight excluding hydrogens is 264 g/mol. The van der Waals surface area contributed by atoms with Gasteiger partial charge in [0.25, 0.3) is 0 Å². The molecule has 4 nitrogen and oxygen atoms in total. The molecule has 1 amide bonds. The molecule has 0 aliphatic carbocycles. The Morgan fingerprint density at radius 2 is 2.16 bits per heavy atom. The van der Waals surface area contributed by atoms with Gasteiger partial charge in [-0.25, -0.2) is 0 Å². The van der Waals surface area contributed by atoms with Crippen molar-refractivity contribution in [1.29, 1.82) is 5.26 Å². The van der Waals surface area contributed by atoms with E-state index in [1.165, 1.54) is 0 Å². The molecule has 1 saturated heterocycles. The van der Waals surface area contributed by atoms with E-state index in [2.05, 4.69) is 11.4 Å². The first-order valence-electron chi connectivity index (χ1n) is 6.14. The molecular formula is C14H15ClN2O2. The summed E-state index contributed by atoms with van der Waals surface area (Å²) in [6, 6.07) is 7.39. The lowest BCUT2D eigenvalue weighted by molar-refractivity contribution is -0.126. The molecule has 1 aliphatic rings. The van der Waals surface area contributed by atoms with Crippen LogP contribution in [0.25, 0.3) is 0 Å². The van der Waals surface area contributed by atoms with Crippen molar-refractivity contribution in [2.45, 2.75) is 19.8 Å². The van der Waals surface area contributed by atoms with Gasteiger partial charge in [0.1, 0.15) is 5.41 Å². The molecule has 0 aromatic heterocycles. The Bertz CT molecular complexity index is 531. The number of anilines is 1. The van der Waals surface area contributed by atoms with Gasteiger partial charge in [-0.2, -0.15) is 5.26 Å². The number of carbonyl (C=O) groups is 1. The van der Waals surface area contributed by atoms with Crippen LogP contribution < -0.4 is 5.32 Å². The number of rotatable bonds is 2. The second kappa shape index (κ2) is 5.60. The van der Waals surface area contributed by atoms with Crippen molar-refractivity contribution in [1.82, 2.24) is 0 Å². The van der Waals surface area contributed by atoms with E-state index < -0.39 is 5.41 Å². The predicted octanol–water partition coefficient (Wildman–Crippen LogP) is 2.91. The van der Waals surface area contributed by atoms with Crippen LogP contribution in [0.3, 0.4) is 0 Å². The number of nitrogens with one attached hydrogen (secondary N) is 1. The molecule has 1 fully saturated rings. The van der Waals surface area contributed by atoms with E-state index in [1.807, 2.05) is 6.92 Å². The van der Waals surface area contributed by atoms with Gasteiger partial charge in [0.15, 0.2) is 0 Å². The minimum Gasteiger partial charge on any atom is -0.381 e. The highest BCUT2D eigenvalue weighted by Gasteiger charge is 2.40. The smallest absolute Gasteiger partial charge is 0.245 e. The Morgan fingerprint density at radius 3 is 2.74 bits per heavy atom. The van der Waals surface area contributed by atoms with Crippen molar-refractivity contribution in [2.24, 2.45) is 5.41 Å². The average Bonchev–Trinajstić information content (AvgIpc) is 2.42. The van der Waals surface area contributed by atoms with E-state index in [0.29, 0.717) is 36.8 Å². The first kappa shape index (κ1) is 13.9. The number of aryl methyl sites for hydroxylation is 1. The van der Waals surface area contributed by atoms with Gasteiger partial charge in [-0.1, -0.05) is 11.6 Å². The minimum absolute atomic E-state index is 0.260. The first-order valence-corrected chi connectivity index (χ1v) is 6.52. The molecule has 1 aromatic carbocycles. The zero-order chi connectivity index (χ0) is 13.9. The summed E-state index contributed by atoms with van der Waals surface area (Å²) in [5.74, 6) is -0.260. The number of benzene rings is 1. The van der Waals surface area contributed by atoms with Crippen molar-refractivity contribution in [3.8, 4) is 6.07 Å². The topological polar surface area (TPSA) is 62.1 Å². The summed E-state index contributed by atoms with van der Waals surface area (Å²) in [6.45, 7) is 2.76. The van der Waals surface area contributed by atoms with Gasteiger partial charge in [-0.05, 0) is 43.5 Å². The Labute approximate surface area is 117 Å². The second-order valence-electron chi connectivity index (χ2n) is 4.72. The molecule has 0 radical (unpaired) electrons. The molecule has 0 bridgehead atoms. The molecule has 0 unspecified atom stereocenters. The summed E-state index contributed by atoms with van der Waals surface area (Å²) in [4.78, 5) is 12.3. The summed E-state index contributed by atoms with van der Waals surface area (Å²) < 4.78 is 5.22. The van der Waals surface area contributed by atoms with E-state index in [4.69, 9.17) is 16.3 Å². The fourth-order valence-corrected chi connectivity index (χ4v) is 2.35. The highest BCUT2D eigenvalue weighted by molar-refractivity contribution is 6.30. The summed E-state index contributed by atoms with van der Waals surface area (Å²) in [6.07, 6.45) is 0.865. The summed E-state index contributed by atoms with van der Waals surface area (Å²) in [5, 5.41) is 12.8. The molecule has 1 N–H and O–H groups in total. The fraction of sp³-hybridized carbons (Fsp3) is 0.429. The third-order valence-electron chi connectivity index (χ3n) is 3.43. The Morgan fingerprint density at radius 1 is 1.47 bits per heavy atom. The Balaban J connectivity index is 2.18. The van der Waals surface area contributed by atoms with Crippen molar-refractivity contribution < 1.29 is 9.53 Å². The van der Waals surface area contributed by atoms with E-state index in [-0.39, 0.29) is 5.91 Å². The average molecular weight is 279 g/mol. The minimum atomic E-state index is -0.982. The predicted molar refractivity (Wildman–Crippen MR) is 72.9 cm³/mol. The number of ether oxygens (including phenoxy) is 1. The fourth-order valence-electron chi connectivity index (χ4n) is 2.12. The second-order valence-corrected chi connectivity index (χ2v) is 5.16. The van der Waals surface area contributed by atoms with Crippen molar-refractivity contribution in [3.63, 3.8) is 0 Å². The Hall–Kier alpha value is -1.57. The van der Waals surface area contributed by atoms with Crippen LogP contribution in [-0.2, 0) is 9.53 Å². The summed E-state index contributed by atoms with van der Waals surface area (Å²) in [7, 11) is 0. The van der Waals surface area contributed by atoms with Crippen LogP contribution in [0.2, 0.25) is 5.02 Å². The number of amides is 1. The molecule has 1 aromatic rings. The molecule has 5 heteroatoms. The highest BCUT2D eigenvalue weighted by atomic mass is 35.5.